The maximum Gasteiger partial charge on any atom is 0.257 e. The third-order valence-electron chi connectivity index (χ3n) is 4.04. The van der Waals surface area contributed by atoms with E-state index in [1.165, 1.54) is 18.1 Å². The van der Waals surface area contributed by atoms with Crippen LogP contribution in [0.25, 0.3) is 0 Å². The number of carbonyl (C=O) groups excluding carboxylic acids is 3. The number of hydrogen-bond donors (Lipinski definition) is 1. The Kier molecular flexibility index (Phi) is 6.99. The first-order valence-corrected chi connectivity index (χ1v) is 8.60. The van der Waals surface area contributed by atoms with Crippen molar-refractivity contribution in [2.75, 3.05) is 7.11 Å². The lowest BCUT2D eigenvalue weighted by molar-refractivity contribution is -0.147. The Morgan fingerprint density at radius 1 is 1.29 bits per heavy atom. The molecule has 3 amide bonds. The lowest BCUT2D eigenvalue weighted by Crippen LogP contribution is -2.53. The van der Waals surface area contributed by atoms with Crippen molar-refractivity contribution < 1.29 is 19.1 Å². The number of rotatable bonds is 7. The summed E-state index contributed by atoms with van der Waals surface area (Å²) in [5.41, 5.74) is -0.597. The van der Waals surface area contributed by atoms with E-state index >= 15 is 0 Å². The standard InChI is InChI=1S/C18H30N2O4/c1-7-9-12(19-17(23)18(3,4)5)16(22)20-13(10-8-2)14(24-6)11-15(20)21/h11-13H,7-10H2,1-6H3,(H,19,23). The van der Waals surface area contributed by atoms with Gasteiger partial charge in [-0.2, -0.15) is 0 Å². The van der Waals surface area contributed by atoms with E-state index in [1.54, 1.807) is 20.8 Å². The molecule has 0 saturated heterocycles. The Hall–Kier alpha value is -1.85. The summed E-state index contributed by atoms with van der Waals surface area (Å²) in [4.78, 5) is 38.8. The van der Waals surface area contributed by atoms with Crippen LogP contribution in [0.15, 0.2) is 11.8 Å². The van der Waals surface area contributed by atoms with E-state index in [9.17, 15) is 14.4 Å². The zero-order valence-electron chi connectivity index (χ0n) is 15.6. The Morgan fingerprint density at radius 3 is 2.38 bits per heavy atom. The molecule has 0 aliphatic carbocycles. The number of amides is 3. The van der Waals surface area contributed by atoms with Gasteiger partial charge in [-0.15, -0.1) is 0 Å². The van der Waals surface area contributed by atoms with E-state index in [2.05, 4.69) is 5.32 Å². The Balaban J connectivity index is 3.01. The first-order valence-electron chi connectivity index (χ1n) is 8.60. The lowest BCUT2D eigenvalue weighted by Gasteiger charge is -2.30. The highest BCUT2D eigenvalue weighted by Gasteiger charge is 2.41. The Morgan fingerprint density at radius 2 is 1.92 bits per heavy atom. The van der Waals surface area contributed by atoms with Gasteiger partial charge in [-0.05, 0) is 12.8 Å². The minimum Gasteiger partial charge on any atom is -0.499 e. The SMILES string of the molecule is CCCC(NC(=O)C(C)(C)C)C(=O)N1C(=O)C=C(OC)C1CCC. The topological polar surface area (TPSA) is 75.7 Å². The van der Waals surface area contributed by atoms with Crippen LogP contribution in [0.1, 0.15) is 60.3 Å². The highest BCUT2D eigenvalue weighted by molar-refractivity contribution is 6.06. The number of nitrogens with zero attached hydrogens (tertiary/aromatic N) is 1. The Labute approximate surface area is 144 Å². The molecule has 0 spiro atoms. The minimum absolute atomic E-state index is 0.201. The van der Waals surface area contributed by atoms with Gasteiger partial charge in [0, 0.05) is 11.5 Å². The van der Waals surface area contributed by atoms with E-state index < -0.39 is 11.5 Å². The van der Waals surface area contributed by atoms with E-state index in [0.717, 1.165) is 12.8 Å². The number of imide groups is 1. The molecule has 0 fully saturated rings. The largest absolute Gasteiger partial charge is 0.499 e. The summed E-state index contributed by atoms with van der Waals surface area (Å²) in [6.07, 6.45) is 4.04. The summed E-state index contributed by atoms with van der Waals surface area (Å²) >= 11 is 0. The number of carbonyl (C=O) groups is 3. The number of hydrogen-bond acceptors (Lipinski definition) is 4. The molecular formula is C18H30N2O4. The monoisotopic (exact) mass is 338 g/mol. The van der Waals surface area contributed by atoms with Crippen LogP contribution < -0.4 is 5.32 Å². The van der Waals surface area contributed by atoms with E-state index in [4.69, 9.17) is 4.74 Å². The molecule has 0 aromatic rings. The fourth-order valence-electron chi connectivity index (χ4n) is 2.66. The molecule has 1 N–H and O–H groups in total. The van der Waals surface area contributed by atoms with Gasteiger partial charge in [0.2, 0.25) is 5.91 Å². The first kappa shape index (κ1) is 20.2. The van der Waals surface area contributed by atoms with Gasteiger partial charge in [0.1, 0.15) is 11.8 Å². The van der Waals surface area contributed by atoms with Gasteiger partial charge in [0.25, 0.3) is 11.8 Å². The van der Waals surface area contributed by atoms with Crippen molar-refractivity contribution in [3.05, 3.63) is 11.8 Å². The molecule has 0 radical (unpaired) electrons. The number of nitrogens with one attached hydrogen (secondary N) is 1. The van der Waals surface area contributed by atoms with E-state index in [0.29, 0.717) is 18.6 Å². The van der Waals surface area contributed by atoms with Crippen LogP contribution in [0.2, 0.25) is 0 Å². The number of ether oxygens (including phenoxy) is 1. The van der Waals surface area contributed by atoms with Gasteiger partial charge in [0.05, 0.1) is 13.2 Å². The van der Waals surface area contributed by atoms with Gasteiger partial charge in [-0.3, -0.25) is 19.3 Å². The summed E-state index contributed by atoms with van der Waals surface area (Å²) < 4.78 is 5.26. The van der Waals surface area contributed by atoms with Gasteiger partial charge in [-0.25, -0.2) is 0 Å². The number of methoxy groups -OCH3 is 1. The van der Waals surface area contributed by atoms with Crippen molar-refractivity contribution in [1.29, 1.82) is 0 Å². The predicted octanol–water partition coefficient (Wildman–Crippen LogP) is 2.39. The molecule has 2 unspecified atom stereocenters. The highest BCUT2D eigenvalue weighted by Crippen LogP contribution is 2.26. The third kappa shape index (κ3) is 4.58. The summed E-state index contributed by atoms with van der Waals surface area (Å²) in [5.74, 6) is -0.428. The molecular weight excluding hydrogens is 308 g/mol. The van der Waals surface area contributed by atoms with Gasteiger partial charge < -0.3 is 10.1 Å². The van der Waals surface area contributed by atoms with Crippen molar-refractivity contribution in [1.82, 2.24) is 10.2 Å². The summed E-state index contributed by atoms with van der Waals surface area (Å²) in [7, 11) is 1.50. The zero-order valence-corrected chi connectivity index (χ0v) is 15.6. The minimum atomic E-state index is -0.699. The fourth-order valence-corrected chi connectivity index (χ4v) is 2.66. The molecule has 0 aromatic heterocycles. The molecule has 1 aliphatic heterocycles. The van der Waals surface area contributed by atoms with E-state index in [1.807, 2.05) is 13.8 Å². The van der Waals surface area contributed by atoms with Crippen molar-refractivity contribution >= 4 is 17.7 Å². The van der Waals surface area contributed by atoms with Crippen molar-refractivity contribution in [2.24, 2.45) is 5.41 Å². The van der Waals surface area contributed by atoms with Crippen LogP contribution >= 0.6 is 0 Å². The molecule has 0 bridgehead atoms. The van der Waals surface area contributed by atoms with Gasteiger partial charge in [0.15, 0.2) is 0 Å². The molecule has 6 heteroatoms. The lowest BCUT2D eigenvalue weighted by atomic mass is 9.94. The highest BCUT2D eigenvalue weighted by atomic mass is 16.5. The third-order valence-corrected chi connectivity index (χ3v) is 4.04. The molecule has 0 aromatic carbocycles. The molecule has 2 atom stereocenters. The molecule has 136 valence electrons. The van der Waals surface area contributed by atoms with Crippen LogP contribution in [0.3, 0.4) is 0 Å². The molecule has 24 heavy (non-hydrogen) atoms. The zero-order chi connectivity index (χ0) is 18.5. The predicted molar refractivity (Wildman–Crippen MR) is 91.9 cm³/mol. The van der Waals surface area contributed by atoms with E-state index in [-0.39, 0.29) is 23.8 Å². The maximum absolute atomic E-state index is 13.0. The first-order chi connectivity index (χ1) is 11.2. The summed E-state index contributed by atoms with van der Waals surface area (Å²) in [5, 5.41) is 2.80. The average Bonchev–Trinajstić information content (AvgIpc) is 2.81. The van der Waals surface area contributed by atoms with Crippen molar-refractivity contribution in [3.8, 4) is 0 Å². The fraction of sp³-hybridized carbons (Fsp3) is 0.722. The summed E-state index contributed by atoms with van der Waals surface area (Å²) in [6.45, 7) is 9.31. The molecule has 1 aliphatic rings. The second-order valence-electron chi connectivity index (χ2n) is 7.17. The van der Waals surface area contributed by atoms with Gasteiger partial charge in [-0.1, -0.05) is 47.5 Å². The van der Waals surface area contributed by atoms with Crippen molar-refractivity contribution in [3.63, 3.8) is 0 Å². The van der Waals surface area contributed by atoms with Crippen LogP contribution in [-0.4, -0.2) is 41.8 Å². The molecule has 1 rings (SSSR count). The van der Waals surface area contributed by atoms with Crippen LogP contribution in [0.5, 0.6) is 0 Å². The van der Waals surface area contributed by atoms with Crippen LogP contribution in [0, 0.1) is 5.41 Å². The second-order valence-corrected chi connectivity index (χ2v) is 7.17. The molecule has 6 nitrogen and oxygen atoms in total. The second kappa shape index (κ2) is 8.31. The smallest absolute Gasteiger partial charge is 0.257 e. The normalized spacial score (nSPS) is 19.1. The molecule has 1 heterocycles. The van der Waals surface area contributed by atoms with Crippen LogP contribution in [0.4, 0.5) is 0 Å². The molecule has 0 saturated carbocycles. The Bertz CT molecular complexity index is 520. The van der Waals surface area contributed by atoms with Crippen LogP contribution in [-0.2, 0) is 19.1 Å². The maximum atomic E-state index is 13.0. The van der Waals surface area contributed by atoms with Gasteiger partial charge >= 0.3 is 0 Å². The quantitative estimate of drug-likeness (QED) is 0.773. The van der Waals surface area contributed by atoms with Crippen molar-refractivity contribution in [2.45, 2.75) is 72.4 Å². The average molecular weight is 338 g/mol. The summed E-state index contributed by atoms with van der Waals surface area (Å²) in [6, 6.07) is -1.08.